The van der Waals surface area contributed by atoms with Crippen molar-refractivity contribution >= 4 is 17.6 Å². The Labute approximate surface area is 93.6 Å². The quantitative estimate of drug-likeness (QED) is 0.861. The van der Waals surface area contributed by atoms with Crippen LogP contribution >= 0.6 is 11.6 Å². The fourth-order valence-corrected chi connectivity index (χ4v) is 1.45. The van der Waals surface area contributed by atoms with Gasteiger partial charge in [-0.05, 0) is 25.5 Å². The molecule has 0 unspecified atom stereocenters. The predicted octanol–water partition coefficient (Wildman–Crippen LogP) is 3.14. The Balaban J connectivity index is 3.10. The van der Waals surface area contributed by atoms with Gasteiger partial charge in [0, 0.05) is 10.6 Å². The summed E-state index contributed by atoms with van der Waals surface area (Å²) < 4.78 is 5.41. The summed E-state index contributed by atoms with van der Waals surface area (Å²) in [6, 6.07) is 3.07. The van der Waals surface area contributed by atoms with Crippen molar-refractivity contribution in [3.05, 3.63) is 28.3 Å². The number of rotatable bonds is 4. The largest absolute Gasteiger partial charge is 0.493 e. The molecule has 0 aliphatic carbocycles. The van der Waals surface area contributed by atoms with Crippen molar-refractivity contribution in [1.29, 1.82) is 0 Å². The van der Waals surface area contributed by atoms with E-state index in [9.17, 15) is 4.79 Å². The molecule has 0 spiro atoms. The van der Waals surface area contributed by atoms with E-state index in [4.69, 9.17) is 21.4 Å². The highest BCUT2D eigenvalue weighted by atomic mass is 35.5. The Morgan fingerprint density at radius 2 is 2.20 bits per heavy atom. The summed E-state index contributed by atoms with van der Waals surface area (Å²) in [6.45, 7) is 4.25. The van der Waals surface area contributed by atoms with Crippen LogP contribution in [0.1, 0.15) is 29.3 Å². The Hall–Kier alpha value is -1.22. The van der Waals surface area contributed by atoms with Gasteiger partial charge in [0.1, 0.15) is 5.75 Å². The average Bonchev–Trinajstić information content (AvgIpc) is 2.18. The molecule has 4 heteroatoms. The summed E-state index contributed by atoms with van der Waals surface area (Å²) >= 11 is 5.80. The molecule has 0 saturated heterocycles. The van der Waals surface area contributed by atoms with Gasteiger partial charge in [-0.2, -0.15) is 0 Å². The highest BCUT2D eigenvalue weighted by Crippen LogP contribution is 2.26. The lowest BCUT2D eigenvalue weighted by molar-refractivity contribution is 0.0695. The number of aromatic carboxylic acids is 1. The third-order valence-corrected chi connectivity index (χ3v) is 2.24. The summed E-state index contributed by atoms with van der Waals surface area (Å²) in [5.74, 6) is -0.446. The third-order valence-electron chi connectivity index (χ3n) is 2.02. The Morgan fingerprint density at radius 3 is 2.73 bits per heavy atom. The van der Waals surface area contributed by atoms with Crippen molar-refractivity contribution in [2.24, 2.45) is 0 Å². The first kappa shape index (κ1) is 11.9. The maximum absolute atomic E-state index is 10.9. The molecule has 0 atom stereocenters. The van der Waals surface area contributed by atoms with Gasteiger partial charge in [0.05, 0.1) is 12.2 Å². The molecule has 0 aliphatic heterocycles. The third kappa shape index (κ3) is 2.86. The van der Waals surface area contributed by atoms with Gasteiger partial charge in [0.25, 0.3) is 0 Å². The standard InChI is InChI=1S/C11H13ClO3/c1-3-4-15-10-6-8(12)5-9(7(10)2)11(13)14/h5-6H,3-4H2,1-2H3,(H,13,14). The second-order valence-electron chi connectivity index (χ2n) is 3.23. The number of carboxylic acids is 1. The van der Waals surface area contributed by atoms with Crippen molar-refractivity contribution in [1.82, 2.24) is 0 Å². The first-order chi connectivity index (χ1) is 7.06. The van der Waals surface area contributed by atoms with Gasteiger partial charge >= 0.3 is 5.97 Å². The molecule has 1 N–H and O–H groups in total. The van der Waals surface area contributed by atoms with Crippen LogP contribution in [0.3, 0.4) is 0 Å². The number of carbonyl (C=O) groups is 1. The minimum Gasteiger partial charge on any atom is -0.493 e. The van der Waals surface area contributed by atoms with Crippen LogP contribution in [0.4, 0.5) is 0 Å². The van der Waals surface area contributed by atoms with E-state index in [1.165, 1.54) is 6.07 Å². The van der Waals surface area contributed by atoms with E-state index >= 15 is 0 Å². The summed E-state index contributed by atoms with van der Waals surface area (Å²) in [5.41, 5.74) is 0.800. The van der Waals surface area contributed by atoms with Crippen LogP contribution in [0.15, 0.2) is 12.1 Å². The van der Waals surface area contributed by atoms with Gasteiger partial charge in [0.2, 0.25) is 0 Å². The van der Waals surface area contributed by atoms with Crippen LogP contribution in [0, 0.1) is 6.92 Å². The molecule has 0 aliphatic rings. The molecular weight excluding hydrogens is 216 g/mol. The van der Waals surface area contributed by atoms with E-state index in [1.807, 2.05) is 6.92 Å². The fourth-order valence-electron chi connectivity index (χ4n) is 1.24. The topological polar surface area (TPSA) is 46.5 Å². The molecule has 0 amide bonds. The predicted molar refractivity (Wildman–Crippen MR) is 58.9 cm³/mol. The number of benzene rings is 1. The van der Waals surface area contributed by atoms with Crippen molar-refractivity contribution in [2.45, 2.75) is 20.3 Å². The van der Waals surface area contributed by atoms with Crippen molar-refractivity contribution in [3.8, 4) is 5.75 Å². The second-order valence-corrected chi connectivity index (χ2v) is 3.67. The summed E-state index contributed by atoms with van der Waals surface area (Å²) in [7, 11) is 0. The van der Waals surface area contributed by atoms with Gasteiger partial charge in [-0.3, -0.25) is 0 Å². The summed E-state index contributed by atoms with van der Waals surface area (Å²) in [5, 5.41) is 9.30. The van der Waals surface area contributed by atoms with Crippen molar-refractivity contribution in [3.63, 3.8) is 0 Å². The van der Waals surface area contributed by atoms with E-state index < -0.39 is 5.97 Å². The van der Waals surface area contributed by atoms with Gasteiger partial charge in [-0.1, -0.05) is 18.5 Å². The Bertz CT molecular complexity index is 374. The van der Waals surface area contributed by atoms with E-state index in [1.54, 1.807) is 13.0 Å². The minimum atomic E-state index is -0.989. The zero-order chi connectivity index (χ0) is 11.4. The van der Waals surface area contributed by atoms with E-state index in [0.29, 0.717) is 22.9 Å². The van der Waals surface area contributed by atoms with E-state index in [2.05, 4.69) is 0 Å². The maximum Gasteiger partial charge on any atom is 0.336 e. The molecule has 0 fully saturated rings. The molecule has 0 aromatic heterocycles. The molecular formula is C11H13ClO3. The highest BCUT2D eigenvalue weighted by molar-refractivity contribution is 6.31. The zero-order valence-electron chi connectivity index (χ0n) is 8.71. The molecule has 0 radical (unpaired) electrons. The first-order valence-corrected chi connectivity index (χ1v) is 5.10. The Kier molecular flexibility index (Phi) is 3.97. The normalized spacial score (nSPS) is 10.1. The minimum absolute atomic E-state index is 0.189. The molecule has 1 aromatic carbocycles. The fraction of sp³-hybridized carbons (Fsp3) is 0.364. The number of carboxylic acid groups (broad SMARTS) is 1. The van der Waals surface area contributed by atoms with E-state index in [0.717, 1.165) is 6.42 Å². The number of hydrogen-bond donors (Lipinski definition) is 1. The van der Waals surface area contributed by atoms with Crippen LogP contribution < -0.4 is 4.74 Å². The van der Waals surface area contributed by atoms with Crippen molar-refractivity contribution < 1.29 is 14.6 Å². The molecule has 0 saturated carbocycles. The van der Waals surface area contributed by atoms with Crippen LogP contribution in [0.2, 0.25) is 5.02 Å². The number of ether oxygens (including phenoxy) is 1. The molecule has 15 heavy (non-hydrogen) atoms. The maximum atomic E-state index is 10.9. The lowest BCUT2D eigenvalue weighted by Gasteiger charge is -2.10. The number of halogens is 1. The van der Waals surface area contributed by atoms with Gasteiger partial charge in [-0.25, -0.2) is 4.79 Å². The van der Waals surface area contributed by atoms with Gasteiger partial charge in [-0.15, -0.1) is 0 Å². The molecule has 1 aromatic rings. The van der Waals surface area contributed by atoms with Crippen LogP contribution in [0.5, 0.6) is 5.75 Å². The smallest absolute Gasteiger partial charge is 0.336 e. The first-order valence-electron chi connectivity index (χ1n) is 4.72. The monoisotopic (exact) mass is 228 g/mol. The summed E-state index contributed by atoms with van der Waals surface area (Å²) in [4.78, 5) is 10.9. The molecule has 3 nitrogen and oxygen atoms in total. The van der Waals surface area contributed by atoms with Crippen LogP contribution in [-0.4, -0.2) is 17.7 Å². The lowest BCUT2D eigenvalue weighted by Crippen LogP contribution is -2.04. The van der Waals surface area contributed by atoms with Crippen molar-refractivity contribution in [2.75, 3.05) is 6.61 Å². The molecule has 1 rings (SSSR count). The zero-order valence-corrected chi connectivity index (χ0v) is 9.47. The Morgan fingerprint density at radius 1 is 1.53 bits per heavy atom. The van der Waals surface area contributed by atoms with Crippen LogP contribution in [-0.2, 0) is 0 Å². The van der Waals surface area contributed by atoms with Gasteiger partial charge in [0.15, 0.2) is 0 Å². The molecule has 82 valence electrons. The summed E-state index contributed by atoms with van der Waals surface area (Å²) in [6.07, 6.45) is 0.869. The second kappa shape index (κ2) is 5.03. The lowest BCUT2D eigenvalue weighted by atomic mass is 10.1. The SMILES string of the molecule is CCCOc1cc(Cl)cc(C(=O)O)c1C. The van der Waals surface area contributed by atoms with Gasteiger partial charge < -0.3 is 9.84 Å². The molecule has 0 heterocycles. The van der Waals surface area contributed by atoms with Crippen LogP contribution in [0.25, 0.3) is 0 Å². The highest BCUT2D eigenvalue weighted by Gasteiger charge is 2.12. The van der Waals surface area contributed by atoms with E-state index in [-0.39, 0.29) is 5.56 Å². The molecule has 0 bridgehead atoms. The number of hydrogen-bond acceptors (Lipinski definition) is 2. The average molecular weight is 229 g/mol.